The summed E-state index contributed by atoms with van der Waals surface area (Å²) < 4.78 is 28.1. The van der Waals surface area contributed by atoms with Gasteiger partial charge in [-0.1, -0.05) is 0 Å². The third kappa shape index (κ3) is 1.88. The monoisotopic (exact) mass is 279 g/mol. The molecule has 5 heteroatoms. The van der Waals surface area contributed by atoms with Crippen molar-refractivity contribution in [3.63, 3.8) is 0 Å². The van der Waals surface area contributed by atoms with Crippen molar-refractivity contribution in [1.82, 2.24) is 4.57 Å². The number of benzene rings is 1. The lowest BCUT2D eigenvalue weighted by Gasteiger charge is -2.21. The van der Waals surface area contributed by atoms with E-state index in [1.807, 2.05) is 0 Å². The van der Waals surface area contributed by atoms with E-state index in [1.54, 1.807) is 10.6 Å². The summed E-state index contributed by atoms with van der Waals surface area (Å²) in [6, 6.07) is 4.31. The van der Waals surface area contributed by atoms with Crippen LogP contribution in [0.5, 0.6) is 0 Å². The van der Waals surface area contributed by atoms with Crippen LogP contribution in [0.1, 0.15) is 30.0 Å². The molecule has 1 atom stereocenters. The number of carboxylic acids is 1. The van der Waals surface area contributed by atoms with Crippen molar-refractivity contribution in [2.24, 2.45) is 0 Å². The lowest BCUT2D eigenvalue weighted by Crippen LogP contribution is -2.19. The van der Waals surface area contributed by atoms with Crippen molar-refractivity contribution >= 4 is 16.9 Å². The first kappa shape index (κ1) is 13.1. The maximum absolute atomic E-state index is 13.5. The molecule has 20 heavy (non-hydrogen) atoms. The van der Waals surface area contributed by atoms with E-state index in [9.17, 15) is 18.7 Å². The fourth-order valence-electron chi connectivity index (χ4n) is 3.27. The summed E-state index contributed by atoms with van der Waals surface area (Å²) in [7, 11) is 0. The third-order valence-corrected chi connectivity index (χ3v) is 4.04. The molecule has 1 heterocycles. The van der Waals surface area contributed by atoms with Crippen LogP contribution < -0.4 is 0 Å². The molecule has 0 spiro atoms. The van der Waals surface area contributed by atoms with E-state index >= 15 is 0 Å². The number of aliphatic carboxylic acids is 1. The van der Waals surface area contributed by atoms with E-state index in [0.717, 1.165) is 24.1 Å². The Hall–Kier alpha value is -1.91. The van der Waals surface area contributed by atoms with Crippen molar-refractivity contribution in [3.8, 4) is 0 Å². The van der Waals surface area contributed by atoms with E-state index in [1.165, 1.54) is 12.1 Å². The van der Waals surface area contributed by atoms with Crippen molar-refractivity contribution in [2.75, 3.05) is 6.67 Å². The van der Waals surface area contributed by atoms with Gasteiger partial charge in [0.15, 0.2) is 0 Å². The van der Waals surface area contributed by atoms with Gasteiger partial charge < -0.3 is 9.67 Å². The molecule has 1 aliphatic rings. The number of carbonyl (C=O) groups is 1. The minimum atomic E-state index is -0.894. The standard InChI is InChI=1S/C15H15F2NO2/c16-6-7-18-12-5-4-9(17)8-11(12)14-10(15(19)20)2-1-3-13(14)18/h4-5,8,10H,1-3,6-7H2,(H,19,20). The van der Waals surface area contributed by atoms with Gasteiger partial charge in [-0.2, -0.15) is 0 Å². The van der Waals surface area contributed by atoms with Crippen LogP contribution in [0.25, 0.3) is 10.9 Å². The van der Waals surface area contributed by atoms with Crippen LogP contribution >= 0.6 is 0 Å². The molecule has 0 aliphatic heterocycles. The number of halogens is 2. The largest absolute Gasteiger partial charge is 0.481 e. The van der Waals surface area contributed by atoms with Crippen LogP contribution in [0.4, 0.5) is 8.78 Å². The zero-order valence-corrected chi connectivity index (χ0v) is 10.9. The fraction of sp³-hybridized carbons (Fsp3) is 0.400. The van der Waals surface area contributed by atoms with Crippen LogP contribution in [0.2, 0.25) is 0 Å². The number of carboxylic acid groups (broad SMARTS) is 1. The highest BCUT2D eigenvalue weighted by Crippen LogP contribution is 2.39. The number of nitrogens with zero attached hydrogens (tertiary/aromatic N) is 1. The van der Waals surface area contributed by atoms with Gasteiger partial charge in [0.1, 0.15) is 12.5 Å². The van der Waals surface area contributed by atoms with Crippen molar-refractivity contribution in [1.29, 1.82) is 0 Å². The van der Waals surface area contributed by atoms with Crippen LogP contribution in [-0.2, 0) is 17.8 Å². The molecular formula is C15H15F2NO2. The Kier molecular flexibility index (Phi) is 3.20. The Bertz CT molecular complexity index is 678. The maximum Gasteiger partial charge on any atom is 0.311 e. The number of hydrogen-bond acceptors (Lipinski definition) is 1. The van der Waals surface area contributed by atoms with Gasteiger partial charge in [0, 0.05) is 16.6 Å². The Morgan fingerprint density at radius 2 is 2.25 bits per heavy atom. The first-order chi connectivity index (χ1) is 9.63. The summed E-state index contributed by atoms with van der Waals surface area (Å²) >= 11 is 0. The highest BCUT2D eigenvalue weighted by atomic mass is 19.1. The molecule has 0 radical (unpaired) electrons. The number of aryl methyl sites for hydroxylation is 1. The molecule has 2 aromatic rings. The Morgan fingerprint density at radius 1 is 1.45 bits per heavy atom. The SMILES string of the molecule is O=C(O)C1CCCc2c1c1cc(F)ccc1n2CCF. The van der Waals surface area contributed by atoms with Gasteiger partial charge in [-0.25, -0.2) is 8.78 Å². The van der Waals surface area contributed by atoms with Gasteiger partial charge in [0.25, 0.3) is 0 Å². The molecule has 1 aromatic heterocycles. The van der Waals surface area contributed by atoms with Crippen molar-refractivity contribution in [3.05, 3.63) is 35.3 Å². The molecule has 0 fully saturated rings. The van der Waals surface area contributed by atoms with Crippen LogP contribution in [0.15, 0.2) is 18.2 Å². The molecule has 3 nitrogen and oxygen atoms in total. The molecule has 1 aromatic carbocycles. The minimum absolute atomic E-state index is 0.184. The lowest BCUT2D eigenvalue weighted by atomic mass is 9.85. The lowest BCUT2D eigenvalue weighted by molar-refractivity contribution is -0.139. The Balaban J connectivity index is 2.32. The summed E-state index contributed by atoms with van der Waals surface area (Å²) in [6.45, 7) is -0.338. The molecule has 0 amide bonds. The third-order valence-electron chi connectivity index (χ3n) is 4.04. The molecular weight excluding hydrogens is 264 g/mol. The second kappa shape index (κ2) is 4.89. The van der Waals surface area contributed by atoms with Gasteiger partial charge in [-0.15, -0.1) is 0 Å². The average Bonchev–Trinajstić information content (AvgIpc) is 2.73. The second-order valence-corrected chi connectivity index (χ2v) is 5.15. The normalized spacial score (nSPS) is 18.2. The Morgan fingerprint density at radius 3 is 2.95 bits per heavy atom. The highest BCUT2D eigenvalue weighted by Gasteiger charge is 2.31. The van der Waals surface area contributed by atoms with E-state index in [2.05, 4.69) is 0 Å². The number of rotatable bonds is 3. The number of aromatic nitrogens is 1. The number of fused-ring (bicyclic) bond motifs is 3. The highest BCUT2D eigenvalue weighted by molar-refractivity contribution is 5.91. The van der Waals surface area contributed by atoms with E-state index in [4.69, 9.17) is 0 Å². The predicted octanol–water partition coefficient (Wildman–Crippen LogP) is 3.25. The van der Waals surface area contributed by atoms with Gasteiger partial charge in [-0.05, 0) is 43.0 Å². The summed E-state index contributed by atoms with van der Waals surface area (Å²) in [5.74, 6) is -1.91. The summed E-state index contributed by atoms with van der Waals surface area (Å²) in [4.78, 5) is 11.4. The van der Waals surface area contributed by atoms with Crippen molar-refractivity contribution in [2.45, 2.75) is 31.7 Å². The van der Waals surface area contributed by atoms with Crippen LogP contribution in [0, 0.1) is 5.82 Å². The fourth-order valence-corrected chi connectivity index (χ4v) is 3.27. The topological polar surface area (TPSA) is 42.2 Å². The number of alkyl halides is 1. The average molecular weight is 279 g/mol. The minimum Gasteiger partial charge on any atom is -0.481 e. The van der Waals surface area contributed by atoms with Gasteiger partial charge in [0.05, 0.1) is 12.5 Å². The summed E-state index contributed by atoms with van der Waals surface area (Å²) in [6.07, 6.45) is 2.03. The van der Waals surface area contributed by atoms with Gasteiger partial charge in [0.2, 0.25) is 0 Å². The zero-order chi connectivity index (χ0) is 14.3. The predicted molar refractivity (Wildman–Crippen MR) is 71.2 cm³/mol. The van der Waals surface area contributed by atoms with E-state index in [-0.39, 0.29) is 6.54 Å². The smallest absolute Gasteiger partial charge is 0.311 e. The van der Waals surface area contributed by atoms with Crippen molar-refractivity contribution < 1.29 is 18.7 Å². The first-order valence-electron chi connectivity index (χ1n) is 6.72. The molecule has 3 rings (SSSR count). The molecule has 1 aliphatic carbocycles. The van der Waals surface area contributed by atoms with Gasteiger partial charge in [-0.3, -0.25) is 4.79 Å². The summed E-state index contributed by atoms with van der Waals surface area (Å²) in [5, 5.41) is 9.99. The molecule has 0 bridgehead atoms. The van der Waals surface area contributed by atoms with Crippen LogP contribution in [0.3, 0.4) is 0 Å². The first-order valence-corrected chi connectivity index (χ1v) is 6.72. The quantitative estimate of drug-likeness (QED) is 0.937. The molecule has 0 saturated carbocycles. The molecule has 0 saturated heterocycles. The Labute approximate surface area is 114 Å². The van der Waals surface area contributed by atoms with E-state index < -0.39 is 24.4 Å². The molecule has 1 unspecified atom stereocenters. The zero-order valence-electron chi connectivity index (χ0n) is 10.9. The number of hydrogen-bond donors (Lipinski definition) is 1. The maximum atomic E-state index is 13.5. The summed E-state index contributed by atoms with van der Waals surface area (Å²) in [5.41, 5.74) is 2.25. The van der Waals surface area contributed by atoms with E-state index in [0.29, 0.717) is 17.4 Å². The van der Waals surface area contributed by atoms with Gasteiger partial charge >= 0.3 is 5.97 Å². The van der Waals surface area contributed by atoms with Crippen LogP contribution in [-0.4, -0.2) is 22.3 Å². The molecule has 1 N–H and O–H groups in total. The second-order valence-electron chi connectivity index (χ2n) is 5.15. The molecule has 106 valence electrons.